The predicted molar refractivity (Wildman–Crippen MR) is 69.0 cm³/mol. The fourth-order valence-electron chi connectivity index (χ4n) is 1.71. The van der Waals surface area contributed by atoms with E-state index in [9.17, 15) is 0 Å². The van der Waals surface area contributed by atoms with Gasteiger partial charge in [0.2, 0.25) is 0 Å². The lowest BCUT2D eigenvalue weighted by Crippen LogP contribution is -1.96. The van der Waals surface area contributed by atoms with E-state index in [2.05, 4.69) is 20.1 Å². The molecule has 0 saturated carbocycles. The second-order valence-corrected chi connectivity index (χ2v) is 3.97. The number of nitrogens with zero attached hydrogens (tertiary/aromatic N) is 4. The van der Waals surface area contributed by atoms with Gasteiger partial charge in [0, 0.05) is 18.8 Å². The van der Waals surface area contributed by atoms with E-state index in [0.29, 0.717) is 17.9 Å². The second-order valence-electron chi connectivity index (χ2n) is 3.97. The molecule has 6 heteroatoms. The van der Waals surface area contributed by atoms with Crippen LogP contribution in [0.5, 0.6) is 0 Å². The maximum absolute atomic E-state index is 5.71. The highest BCUT2D eigenvalue weighted by Crippen LogP contribution is 2.19. The van der Waals surface area contributed by atoms with Gasteiger partial charge in [0.1, 0.15) is 0 Å². The number of rotatable bonds is 3. The van der Waals surface area contributed by atoms with Gasteiger partial charge in [0.15, 0.2) is 17.3 Å². The highest BCUT2D eigenvalue weighted by Gasteiger charge is 2.13. The minimum atomic E-state index is 0.275. The summed E-state index contributed by atoms with van der Waals surface area (Å²) in [5.41, 5.74) is 7.24. The van der Waals surface area contributed by atoms with Gasteiger partial charge in [-0.1, -0.05) is 35.5 Å². The SMILES string of the molecule is Nc1nccnc1-c1nc(Cc2ccccc2)no1. The summed E-state index contributed by atoms with van der Waals surface area (Å²) in [5.74, 6) is 1.15. The number of nitrogens with two attached hydrogens (primary N) is 1. The second kappa shape index (κ2) is 4.85. The van der Waals surface area contributed by atoms with Gasteiger partial charge in [-0.25, -0.2) is 9.97 Å². The van der Waals surface area contributed by atoms with E-state index < -0.39 is 0 Å². The Morgan fingerprint density at radius 3 is 2.63 bits per heavy atom. The molecule has 0 aliphatic carbocycles. The zero-order valence-electron chi connectivity index (χ0n) is 10.0. The predicted octanol–water partition coefficient (Wildman–Crippen LogP) is 1.70. The minimum Gasteiger partial charge on any atom is -0.382 e. The number of benzene rings is 1. The normalized spacial score (nSPS) is 10.5. The van der Waals surface area contributed by atoms with Crippen molar-refractivity contribution in [1.29, 1.82) is 0 Å². The third kappa shape index (κ3) is 2.42. The summed E-state index contributed by atoms with van der Waals surface area (Å²) in [6.45, 7) is 0. The fourth-order valence-corrected chi connectivity index (χ4v) is 1.71. The van der Waals surface area contributed by atoms with Crippen LogP contribution in [0.3, 0.4) is 0 Å². The van der Waals surface area contributed by atoms with Crippen molar-refractivity contribution in [2.45, 2.75) is 6.42 Å². The Balaban J connectivity index is 1.86. The number of aromatic nitrogens is 4. The van der Waals surface area contributed by atoms with Gasteiger partial charge in [-0.2, -0.15) is 4.98 Å². The zero-order valence-corrected chi connectivity index (χ0v) is 10.0. The van der Waals surface area contributed by atoms with Gasteiger partial charge in [-0.05, 0) is 5.56 Å². The maximum atomic E-state index is 5.71. The first-order valence-electron chi connectivity index (χ1n) is 5.76. The first-order valence-corrected chi connectivity index (χ1v) is 5.76. The van der Waals surface area contributed by atoms with E-state index >= 15 is 0 Å². The molecule has 6 nitrogen and oxygen atoms in total. The van der Waals surface area contributed by atoms with Crippen LogP contribution < -0.4 is 5.73 Å². The van der Waals surface area contributed by atoms with Crippen molar-refractivity contribution in [1.82, 2.24) is 20.1 Å². The van der Waals surface area contributed by atoms with Crippen molar-refractivity contribution in [2.75, 3.05) is 5.73 Å². The van der Waals surface area contributed by atoms with Crippen molar-refractivity contribution in [3.8, 4) is 11.6 Å². The molecule has 3 rings (SSSR count). The summed E-state index contributed by atoms with van der Waals surface area (Å²) in [6, 6.07) is 9.92. The number of anilines is 1. The molecule has 0 unspecified atom stereocenters. The lowest BCUT2D eigenvalue weighted by atomic mass is 10.1. The van der Waals surface area contributed by atoms with E-state index in [0.717, 1.165) is 5.56 Å². The summed E-state index contributed by atoms with van der Waals surface area (Å²) in [6.07, 6.45) is 3.65. The summed E-state index contributed by atoms with van der Waals surface area (Å²) in [5, 5.41) is 3.92. The number of hydrogen-bond acceptors (Lipinski definition) is 6. The molecular weight excluding hydrogens is 242 g/mol. The maximum Gasteiger partial charge on any atom is 0.280 e. The zero-order chi connectivity index (χ0) is 13.1. The van der Waals surface area contributed by atoms with Gasteiger partial charge >= 0.3 is 0 Å². The Morgan fingerprint density at radius 2 is 1.84 bits per heavy atom. The lowest BCUT2D eigenvalue weighted by Gasteiger charge is -1.96. The molecule has 1 aromatic carbocycles. The molecular formula is C13H11N5O. The largest absolute Gasteiger partial charge is 0.382 e. The molecule has 19 heavy (non-hydrogen) atoms. The van der Waals surface area contributed by atoms with Crippen molar-refractivity contribution in [3.63, 3.8) is 0 Å². The number of hydrogen-bond donors (Lipinski definition) is 1. The summed E-state index contributed by atoms with van der Waals surface area (Å²) in [4.78, 5) is 12.3. The number of nitrogen functional groups attached to an aromatic ring is 1. The van der Waals surface area contributed by atoms with Crippen LogP contribution in [0.1, 0.15) is 11.4 Å². The molecule has 0 atom stereocenters. The third-order valence-corrected chi connectivity index (χ3v) is 2.60. The van der Waals surface area contributed by atoms with Crippen molar-refractivity contribution in [2.24, 2.45) is 0 Å². The molecule has 94 valence electrons. The van der Waals surface area contributed by atoms with Crippen LogP contribution in [-0.2, 0) is 6.42 Å². The van der Waals surface area contributed by atoms with E-state index in [1.165, 1.54) is 12.4 Å². The monoisotopic (exact) mass is 253 g/mol. The molecule has 0 radical (unpaired) electrons. The van der Waals surface area contributed by atoms with Crippen LogP contribution in [0, 0.1) is 0 Å². The topological polar surface area (TPSA) is 90.7 Å². The average molecular weight is 253 g/mol. The molecule has 0 fully saturated rings. The van der Waals surface area contributed by atoms with E-state index in [4.69, 9.17) is 10.3 Å². The Kier molecular flexibility index (Phi) is 2.89. The van der Waals surface area contributed by atoms with Gasteiger partial charge in [-0.15, -0.1) is 0 Å². The first kappa shape index (κ1) is 11.3. The van der Waals surface area contributed by atoms with Crippen molar-refractivity contribution >= 4 is 5.82 Å². The van der Waals surface area contributed by atoms with Gasteiger partial charge < -0.3 is 10.3 Å². The smallest absolute Gasteiger partial charge is 0.280 e. The summed E-state index contributed by atoms with van der Waals surface area (Å²) < 4.78 is 5.16. The molecule has 0 amide bonds. The Labute approximate surface area is 109 Å². The third-order valence-electron chi connectivity index (χ3n) is 2.60. The molecule has 3 aromatic rings. The van der Waals surface area contributed by atoms with E-state index in [1.54, 1.807) is 0 Å². The van der Waals surface area contributed by atoms with Crippen LogP contribution in [-0.4, -0.2) is 20.1 Å². The van der Waals surface area contributed by atoms with Crippen LogP contribution in [0.2, 0.25) is 0 Å². The van der Waals surface area contributed by atoms with Crippen LogP contribution in [0.15, 0.2) is 47.2 Å². The quantitative estimate of drug-likeness (QED) is 0.763. The fraction of sp³-hybridized carbons (Fsp3) is 0.0769. The first-order chi connectivity index (χ1) is 9.33. The molecule has 0 saturated heterocycles. The molecule has 0 bridgehead atoms. The standard InChI is InChI=1S/C13H11N5O/c14-12-11(15-6-7-16-12)13-17-10(18-19-13)8-9-4-2-1-3-5-9/h1-7H,8H2,(H2,14,16). The molecule has 2 aromatic heterocycles. The molecule has 0 aliphatic rings. The highest BCUT2D eigenvalue weighted by molar-refractivity contribution is 5.61. The summed E-state index contributed by atoms with van der Waals surface area (Å²) >= 11 is 0. The Bertz CT molecular complexity index is 680. The van der Waals surface area contributed by atoms with Crippen molar-refractivity contribution < 1.29 is 4.52 Å². The highest BCUT2D eigenvalue weighted by atomic mass is 16.5. The van der Waals surface area contributed by atoms with Gasteiger partial charge in [-0.3, -0.25) is 0 Å². The molecule has 0 aliphatic heterocycles. The average Bonchev–Trinajstić information content (AvgIpc) is 2.89. The van der Waals surface area contributed by atoms with E-state index in [-0.39, 0.29) is 11.7 Å². The summed E-state index contributed by atoms with van der Waals surface area (Å²) in [7, 11) is 0. The Hall–Kier alpha value is -2.76. The molecule has 2 heterocycles. The van der Waals surface area contributed by atoms with E-state index in [1.807, 2.05) is 30.3 Å². The minimum absolute atomic E-state index is 0.275. The van der Waals surface area contributed by atoms with Gasteiger partial charge in [0.25, 0.3) is 5.89 Å². The van der Waals surface area contributed by atoms with Crippen LogP contribution >= 0.6 is 0 Å². The van der Waals surface area contributed by atoms with Crippen LogP contribution in [0.25, 0.3) is 11.6 Å². The molecule has 2 N–H and O–H groups in total. The van der Waals surface area contributed by atoms with Crippen molar-refractivity contribution in [3.05, 3.63) is 54.1 Å². The Morgan fingerprint density at radius 1 is 1.05 bits per heavy atom. The lowest BCUT2D eigenvalue weighted by molar-refractivity contribution is 0.422. The van der Waals surface area contributed by atoms with Gasteiger partial charge in [0.05, 0.1) is 0 Å². The van der Waals surface area contributed by atoms with Crippen LogP contribution in [0.4, 0.5) is 5.82 Å². The molecule has 0 spiro atoms.